The first-order valence-corrected chi connectivity index (χ1v) is 8.03. The number of halogens is 1. The number of hydrogen-bond donors (Lipinski definition) is 1. The topological polar surface area (TPSA) is 21.3 Å². The van der Waals surface area contributed by atoms with Crippen LogP contribution >= 0.6 is 15.9 Å². The molecule has 1 rings (SSSR count). The highest BCUT2D eigenvalue weighted by Crippen LogP contribution is 2.30. The van der Waals surface area contributed by atoms with Crippen LogP contribution in [0.15, 0.2) is 22.7 Å². The lowest BCUT2D eigenvalue weighted by molar-refractivity contribution is 0.412. The molecule has 108 valence electrons. The molecule has 0 amide bonds. The molecule has 1 atom stereocenters. The smallest absolute Gasteiger partial charge is 0.119 e. The lowest BCUT2D eigenvalue weighted by atomic mass is 9.99. The molecule has 1 N–H and O–H groups in total. The van der Waals surface area contributed by atoms with Gasteiger partial charge >= 0.3 is 0 Å². The molecule has 0 aliphatic heterocycles. The Morgan fingerprint density at radius 3 is 2.58 bits per heavy atom. The highest BCUT2D eigenvalue weighted by atomic mass is 79.9. The minimum Gasteiger partial charge on any atom is -0.497 e. The van der Waals surface area contributed by atoms with Gasteiger partial charge < -0.3 is 10.1 Å². The Labute approximate surface area is 126 Å². The van der Waals surface area contributed by atoms with Crippen molar-refractivity contribution in [1.82, 2.24) is 5.32 Å². The fraction of sp³-hybridized carbons (Fsp3) is 0.625. The third kappa shape index (κ3) is 5.53. The maximum Gasteiger partial charge on any atom is 0.119 e. The van der Waals surface area contributed by atoms with E-state index < -0.39 is 0 Å². The molecule has 19 heavy (non-hydrogen) atoms. The number of benzene rings is 1. The van der Waals surface area contributed by atoms with Crippen molar-refractivity contribution in [3.63, 3.8) is 0 Å². The predicted octanol–water partition coefficient (Wildman–Crippen LogP) is 5.08. The zero-order valence-corrected chi connectivity index (χ0v) is 13.9. The van der Waals surface area contributed by atoms with Crippen LogP contribution in [-0.2, 0) is 0 Å². The van der Waals surface area contributed by atoms with Crippen molar-refractivity contribution in [2.24, 2.45) is 0 Å². The molecule has 0 aliphatic rings. The second-order valence-electron chi connectivity index (χ2n) is 4.93. The number of rotatable bonds is 9. The van der Waals surface area contributed by atoms with Gasteiger partial charge in [-0.15, -0.1) is 0 Å². The zero-order valence-electron chi connectivity index (χ0n) is 12.3. The van der Waals surface area contributed by atoms with Crippen molar-refractivity contribution in [2.75, 3.05) is 14.2 Å². The SMILES string of the molecule is CCCCCCCC(NC)c1cc(OC)ccc1Br. The van der Waals surface area contributed by atoms with E-state index in [4.69, 9.17) is 4.74 Å². The summed E-state index contributed by atoms with van der Waals surface area (Å²) in [7, 11) is 3.74. The third-order valence-corrected chi connectivity index (χ3v) is 4.25. The van der Waals surface area contributed by atoms with Gasteiger partial charge in [-0.3, -0.25) is 0 Å². The van der Waals surface area contributed by atoms with E-state index in [1.54, 1.807) is 7.11 Å². The molecule has 0 bridgehead atoms. The van der Waals surface area contributed by atoms with E-state index in [9.17, 15) is 0 Å². The molecule has 1 aromatic carbocycles. The first-order valence-electron chi connectivity index (χ1n) is 7.23. The van der Waals surface area contributed by atoms with Gasteiger partial charge in [0.15, 0.2) is 0 Å². The fourth-order valence-corrected chi connectivity index (χ4v) is 2.85. The molecule has 0 heterocycles. The Morgan fingerprint density at radius 1 is 1.21 bits per heavy atom. The summed E-state index contributed by atoms with van der Waals surface area (Å²) >= 11 is 3.64. The quantitative estimate of drug-likeness (QED) is 0.638. The minimum atomic E-state index is 0.395. The average molecular weight is 328 g/mol. The van der Waals surface area contributed by atoms with Crippen molar-refractivity contribution in [2.45, 2.75) is 51.5 Å². The Balaban J connectivity index is 2.58. The lowest BCUT2D eigenvalue weighted by Gasteiger charge is -2.19. The van der Waals surface area contributed by atoms with E-state index in [2.05, 4.69) is 40.3 Å². The summed E-state index contributed by atoms with van der Waals surface area (Å²) in [5.41, 5.74) is 1.29. The van der Waals surface area contributed by atoms with E-state index in [0.29, 0.717) is 6.04 Å². The monoisotopic (exact) mass is 327 g/mol. The zero-order chi connectivity index (χ0) is 14.1. The summed E-state index contributed by atoms with van der Waals surface area (Å²) < 4.78 is 6.47. The number of nitrogens with one attached hydrogen (secondary N) is 1. The van der Waals surface area contributed by atoms with Crippen LogP contribution < -0.4 is 10.1 Å². The van der Waals surface area contributed by atoms with E-state index in [0.717, 1.165) is 10.2 Å². The van der Waals surface area contributed by atoms with Crippen molar-refractivity contribution in [3.8, 4) is 5.75 Å². The van der Waals surface area contributed by atoms with E-state index in [1.165, 1.54) is 44.1 Å². The van der Waals surface area contributed by atoms with Gasteiger partial charge in [0.25, 0.3) is 0 Å². The van der Waals surface area contributed by atoms with Crippen molar-refractivity contribution in [3.05, 3.63) is 28.2 Å². The Morgan fingerprint density at radius 2 is 1.95 bits per heavy atom. The fourth-order valence-electron chi connectivity index (χ4n) is 2.32. The summed E-state index contributed by atoms with van der Waals surface area (Å²) in [5.74, 6) is 0.921. The van der Waals surface area contributed by atoms with Crippen LogP contribution in [0.5, 0.6) is 5.75 Å². The minimum absolute atomic E-state index is 0.395. The maximum atomic E-state index is 5.31. The average Bonchev–Trinajstić information content (AvgIpc) is 2.44. The van der Waals surface area contributed by atoms with Crippen LogP contribution in [0.2, 0.25) is 0 Å². The van der Waals surface area contributed by atoms with Gasteiger partial charge in [0.2, 0.25) is 0 Å². The molecular formula is C16H26BrNO. The lowest BCUT2D eigenvalue weighted by Crippen LogP contribution is -2.16. The molecule has 0 aromatic heterocycles. The molecule has 0 saturated heterocycles. The van der Waals surface area contributed by atoms with Gasteiger partial charge in [0.05, 0.1) is 7.11 Å². The molecule has 0 fully saturated rings. The van der Waals surface area contributed by atoms with Gasteiger partial charge in [0.1, 0.15) is 5.75 Å². The molecule has 2 nitrogen and oxygen atoms in total. The van der Waals surface area contributed by atoms with Crippen LogP contribution in [0.4, 0.5) is 0 Å². The summed E-state index contributed by atoms with van der Waals surface area (Å²) in [6.07, 6.45) is 7.78. The van der Waals surface area contributed by atoms with Crippen LogP contribution in [-0.4, -0.2) is 14.2 Å². The third-order valence-electron chi connectivity index (χ3n) is 3.52. The molecule has 3 heteroatoms. The Kier molecular flexibility index (Phi) is 8.15. The number of unbranched alkanes of at least 4 members (excludes halogenated alkanes) is 4. The summed E-state index contributed by atoms with van der Waals surface area (Å²) in [6.45, 7) is 2.25. The van der Waals surface area contributed by atoms with Crippen LogP contribution in [0, 0.1) is 0 Å². The van der Waals surface area contributed by atoms with Gasteiger partial charge in [0, 0.05) is 10.5 Å². The molecule has 0 spiro atoms. The summed E-state index contributed by atoms with van der Waals surface area (Å²) in [4.78, 5) is 0. The molecule has 0 radical (unpaired) electrons. The largest absolute Gasteiger partial charge is 0.497 e. The molecule has 0 saturated carbocycles. The summed E-state index contributed by atoms with van der Waals surface area (Å²) in [5, 5.41) is 3.42. The van der Waals surface area contributed by atoms with Crippen LogP contribution in [0.1, 0.15) is 57.1 Å². The first-order chi connectivity index (χ1) is 9.22. The van der Waals surface area contributed by atoms with Crippen molar-refractivity contribution < 1.29 is 4.74 Å². The predicted molar refractivity (Wildman–Crippen MR) is 85.9 cm³/mol. The highest BCUT2D eigenvalue weighted by Gasteiger charge is 2.13. The van der Waals surface area contributed by atoms with Gasteiger partial charge in [-0.05, 0) is 37.2 Å². The number of hydrogen-bond acceptors (Lipinski definition) is 2. The Bertz CT molecular complexity index is 368. The maximum absolute atomic E-state index is 5.31. The Hall–Kier alpha value is -0.540. The normalized spacial score (nSPS) is 12.4. The van der Waals surface area contributed by atoms with E-state index in [1.807, 2.05) is 13.1 Å². The highest BCUT2D eigenvalue weighted by molar-refractivity contribution is 9.10. The molecule has 1 aromatic rings. The van der Waals surface area contributed by atoms with E-state index in [-0.39, 0.29) is 0 Å². The van der Waals surface area contributed by atoms with Crippen molar-refractivity contribution in [1.29, 1.82) is 0 Å². The molecule has 0 aliphatic carbocycles. The van der Waals surface area contributed by atoms with Crippen molar-refractivity contribution >= 4 is 15.9 Å². The first kappa shape index (κ1) is 16.5. The van der Waals surface area contributed by atoms with Gasteiger partial charge in [-0.25, -0.2) is 0 Å². The number of ether oxygens (including phenoxy) is 1. The van der Waals surface area contributed by atoms with Gasteiger partial charge in [-0.2, -0.15) is 0 Å². The summed E-state index contributed by atoms with van der Waals surface area (Å²) in [6, 6.07) is 6.57. The van der Waals surface area contributed by atoms with Gasteiger partial charge in [-0.1, -0.05) is 55.0 Å². The van der Waals surface area contributed by atoms with Crippen LogP contribution in [0.25, 0.3) is 0 Å². The second kappa shape index (κ2) is 9.38. The van der Waals surface area contributed by atoms with Crippen LogP contribution in [0.3, 0.4) is 0 Å². The molecule has 1 unspecified atom stereocenters. The van der Waals surface area contributed by atoms with E-state index >= 15 is 0 Å². The standard InChI is InChI=1S/C16H26BrNO/c1-4-5-6-7-8-9-16(18-2)14-12-13(19-3)10-11-15(14)17/h10-12,16,18H,4-9H2,1-3H3. The second-order valence-corrected chi connectivity index (χ2v) is 5.79. The number of methoxy groups -OCH3 is 1. The molecular weight excluding hydrogens is 302 g/mol.